The van der Waals surface area contributed by atoms with Crippen LogP contribution in [0, 0.1) is 0 Å². The Morgan fingerprint density at radius 1 is 0.952 bits per heavy atom. The Kier molecular flexibility index (Phi) is 5.06. The Labute approximate surface area is 128 Å². The molecule has 2 aromatic carbocycles. The van der Waals surface area contributed by atoms with E-state index in [9.17, 15) is 0 Å². The Hall–Kier alpha value is -2.20. The molecule has 0 spiro atoms. The fraction of sp³-hybridized carbons (Fsp3) is 0.188. The highest BCUT2D eigenvalue weighted by atomic mass is 35.5. The molecule has 4 nitrogen and oxygen atoms in total. The van der Waals surface area contributed by atoms with Gasteiger partial charge in [-0.1, -0.05) is 16.8 Å². The lowest BCUT2D eigenvalue weighted by atomic mass is 10.2. The van der Waals surface area contributed by atoms with Gasteiger partial charge in [0.05, 0.1) is 6.10 Å². The quantitative estimate of drug-likeness (QED) is 0.497. The van der Waals surface area contributed by atoms with Gasteiger partial charge in [0, 0.05) is 5.56 Å². The van der Waals surface area contributed by atoms with E-state index in [0.717, 1.165) is 5.75 Å². The van der Waals surface area contributed by atoms with Crippen LogP contribution in [-0.4, -0.2) is 16.5 Å². The molecule has 0 heterocycles. The van der Waals surface area contributed by atoms with Crippen LogP contribution in [0.2, 0.25) is 0 Å². The minimum Gasteiger partial charge on any atom is -0.491 e. The number of ether oxygens (including phenoxy) is 2. The first-order valence-corrected chi connectivity index (χ1v) is 6.89. The van der Waals surface area contributed by atoms with Crippen molar-refractivity contribution in [3.63, 3.8) is 0 Å². The Morgan fingerprint density at radius 3 is 1.90 bits per heavy atom. The van der Waals surface area contributed by atoms with Crippen molar-refractivity contribution in [1.29, 1.82) is 0 Å². The summed E-state index contributed by atoms with van der Waals surface area (Å²) in [6.45, 7) is 3.96. The van der Waals surface area contributed by atoms with Crippen molar-refractivity contribution in [3.8, 4) is 17.2 Å². The fourth-order valence-electron chi connectivity index (χ4n) is 1.71. The Bertz CT molecular complexity index is 606. The number of hydrogen-bond acceptors (Lipinski definition) is 4. The molecule has 0 amide bonds. The van der Waals surface area contributed by atoms with Gasteiger partial charge in [0.1, 0.15) is 17.2 Å². The zero-order valence-corrected chi connectivity index (χ0v) is 12.5. The molecule has 0 bridgehead atoms. The number of rotatable bonds is 5. The molecule has 1 N–H and O–H groups in total. The molecule has 0 fully saturated rings. The standard InChI is InChI=1S/C16H16ClNO3/c1-11(2)20-13-7-9-15(10-8-13)21-14-5-3-12(4-6-14)16(17)18-19/h3-11,19H,1-2H3/b18-16-. The third-order valence-corrected chi connectivity index (χ3v) is 2.91. The third kappa shape index (κ3) is 4.39. The molecule has 110 valence electrons. The molecular weight excluding hydrogens is 290 g/mol. The summed E-state index contributed by atoms with van der Waals surface area (Å²) in [6, 6.07) is 14.3. The topological polar surface area (TPSA) is 51.0 Å². The van der Waals surface area contributed by atoms with E-state index >= 15 is 0 Å². The molecule has 0 unspecified atom stereocenters. The van der Waals surface area contributed by atoms with Crippen molar-refractivity contribution in [1.82, 2.24) is 0 Å². The normalized spacial score (nSPS) is 11.5. The van der Waals surface area contributed by atoms with E-state index in [1.54, 1.807) is 24.3 Å². The second-order valence-electron chi connectivity index (χ2n) is 4.66. The lowest BCUT2D eigenvalue weighted by Crippen LogP contribution is -2.05. The second kappa shape index (κ2) is 6.99. The van der Waals surface area contributed by atoms with Gasteiger partial charge in [0.25, 0.3) is 0 Å². The predicted octanol–water partition coefficient (Wildman–Crippen LogP) is 4.64. The second-order valence-corrected chi connectivity index (χ2v) is 5.01. The average molecular weight is 306 g/mol. The van der Waals surface area contributed by atoms with E-state index < -0.39 is 0 Å². The minimum atomic E-state index is 0.0386. The molecule has 0 aromatic heterocycles. The van der Waals surface area contributed by atoms with Gasteiger partial charge in [0.15, 0.2) is 5.17 Å². The summed E-state index contributed by atoms with van der Waals surface area (Å²) in [5, 5.41) is 11.6. The molecule has 2 rings (SSSR count). The van der Waals surface area contributed by atoms with Crippen LogP contribution < -0.4 is 9.47 Å². The Morgan fingerprint density at radius 2 is 1.43 bits per heavy atom. The maximum absolute atomic E-state index is 8.59. The smallest absolute Gasteiger partial charge is 0.175 e. The molecule has 0 aliphatic rings. The van der Waals surface area contributed by atoms with E-state index in [1.165, 1.54) is 0 Å². The van der Waals surface area contributed by atoms with Crippen molar-refractivity contribution in [3.05, 3.63) is 54.1 Å². The van der Waals surface area contributed by atoms with Crippen LogP contribution in [-0.2, 0) is 0 Å². The highest BCUT2D eigenvalue weighted by Crippen LogP contribution is 2.24. The van der Waals surface area contributed by atoms with Gasteiger partial charge in [0.2, 0.25) is 0 Å². The lowest BCUT2D eigenvalue weighted by Gasteiger charge is -2.10. The van der Waals surface area contributed by atoms with Gasteiger partial charge in [-0.25, -0.2) is 0 Å². The number of benzene rings is 2. The summed E-state index contributed by atoms with van der Waals surface area (Å²) in [7, 11) is 0. The van der Waals surface area contributed by atoms with Gasteiger partial charge in [-0.3, -0.25) is 0 Å². The van der Waals surface area contributed by atoms with Gasteiger partial charge in [-0.2, -0.15) is 0 Å². The summed E-state index contributed by atoms with van der Waals surface area (Å²) in [6.07, 6.45) is 0.141. The summed E-state index contributed by atoms with van der Waals surface area (Å²) in [5.41, 5.74) is 0.618. The fourth-order valence-corrected chi connectivity index (χ4v) is 1.84. The highest BCUT2D eigenvalue weighted by Gasteiger charge is 2.03. The van der Waals surface area contributed by atoms with Crippen LogP contribution in [0.1, 0.15) is 19.4 Å². The van der Waals surface area contributed by atoms with Crippen molar-refractivity contribution in [2.75, 3.05) is 0 Å². The summed E-state index contributed by atoms with van der Waals surface area (Å²) in [4.78, 5) is 0. The number of halogens is 1. The van der Waals surface area contributed by atoms with Crippen molar-refractivity contribution in [2.45, 2.75) is 20.0 Å². The molecule has 2 aromatic rings. The van der Waals surface area contributed by atoms with Crippen LogP contribution >= 0.6 is 11.6 Å². The van der Waals surface area contributed by atoms with E-state index in [0.29, 0.717) is 17.1 Å². The third-order valence-electron chi connectivity index (χ3n) is 2.61. The summed E-state index contributed by atoms with van der Waals surface area (Å²) in [5.74, 6) is 2.18. The highest BCUT2D eigenvalue weighted by molar-refractivity contribution is 6.69. The van der Waals surface area contributed by atoms with Crippen LogP contribution in [0.5, 0.6) is 17.2 Å². The predicted molar refractivity (Wildman–Crippen MR) is 82.9 cm³/mol. The van der Waals surface area contributed by atoms with Crippen LogP contribution in [0.4, 0.5) is 0 Å². The van der Waals surface area contributed by atoms with Gasteiger partial charge < -0.3 is 14.7 Å². The lowest BCUT2D eigenvalue weighted by molar-refractivity contribution is 0.242. The minimum absolute atomic E-state index is 0.0386. The molecule has 0 aliphatic carbocycles. The summed E-state index contributed by atoms with van der Waals surface area (Å²) < 4.78 is 11.3. The zero-order chi connectivity index (χ0) is 15.2. The average Bonchev–Trinajstić information content (AvgIpc) is 2.49. The largest absolute Gasteiger partial charge is 0.491 e. The molecule has 0 atom stereocenters. The molecule has 0 saturated carbocycles. The van der Waals surface area contributed by atoms with Gasteiger partial charge in [-0.15, -0.1) is 0 Å². The zero-order valence-electron chi connectivity index (χ0n) is 11.8. The molecule has 0 saturated heterocycles. The van der Waals surface area contributed by atoms with Crippen molar-refractivity contribution >= 4 is 16.8 Å². The summed E-state index contributed by atoms with van der Waals surface area (Å²) >= 11 is 5.71. The first kappa shape index (κ1) is 15.2. The monoisotopic (exact) mass is 305 g/mol. The first-order valence-electron chi connectivity index (χ1n) is 6.51. The molecule has 21 heavy (non-hydrogen) atoms. The van der Waals surface area contributed by atoms with Crippen molar-refractivity contribution in [2.24, 2.45) is 5.16 Å². The van der Waals surface area contributed by atoms with E-state index in [4.69, 9.17) is 26.3 Å². The SMILES string of the molecule is CC(C)Oc1ccc(Oc2ccc(/C(Cl)=N/O)cc2)cc1. The van der Waals surface area contributed by atoms with Crippen LogP contribution in [0.15, 0.2) is 53.7 Å². The van der Waals surface area contributed by atoms with E-state index in [2.05, 4.69) is 5.16 Å². The molecule has 0 aliphatic heterocycles. The molecule has 5 heteroatoms. The number of hydrogen-bond donors (Lipinski definition) is 1. The maximum Gasteiger partial charge on any atom is 0.175 e. The van der Waals surface area contributed by atoms with E-state index in [-0.39, 0.29) is 11.3 Å². The molecular formula is C16H16ClNO3. The van der Waals surface area contributed by atoms with E-state index in [1.807, 2.05) is 38.1 Å². The van der Waals surface area contributed by atoms with Gasteiger partial charge in [-0.05, 0) is 62.4 Å². The van der Waals surface area contributed by atoms with Crippen LogP contribution in [0.3, 0.4) is 0 Å². The molecule has 0 radical (unpaired) electrons. The maximum atomic E-state index is 8.59. The number of oxime groups is 1. The van der Waals surface area contributed by atoms with Gasteiger partial charge >= 0.3 is 0 Å². The van der Waals surface area contributed by atoms with Crippen LogP contribution in [0.25, 0.3) is 0 Å². The van der Waals surface area contributed by atoms with Crippen molar-refractivity contribution < 1.29 is 14.7 Å². The first-order chi connectivity index (χ1) is 10.1. The number of nitrogens with zero attached hydrogens (tertiary/aromatic N) is 1. The Balaban J connectivity index is 2.04.